The molecule has 1 aromatic rings. The predicted molar refractivity (Wildman–Crippen MR) is 98.8 cm³/mol. The van der Waals surface area contributed by atoms with Crippen LogP contribution >= 0.6 is 36.4 Å². The van der Waals surface area contributed by atoms with Crippen LogP contribution < -0.4 is 5.32 Å². The number of rotatable bonds is 3. The number of hydrogen-bond acceptors (Lipinski definition) is 3. The number of amides is 1. The lowest BCUT2D eigenvalue weighted by atomic mass is 10.1. The lowest BCUT2D eigenvalue weighted by molar-refractivity contribution is -0.136. The van der Waals surface area contributed by atoms with Gasteiger partial charge in [-0.1, -0.05) is 23.7 Å². The molecule has 0 spiro atoms. The Bertz CT molecular complexity index is 484. The Hall–Kier alpha value is -0.520. The molecule has 130 valence electrons. The average molecular weight is 381 g/mol. The van der Waals surface area contributed by atoms with Crippen molar-refractivity contribution in [2.75, 3.05) is 39.3 Å². The number of carbonyl (C=O) groups is 1. The van der Waals surface area contributed by atoms with Crippen molar-refractivity contribution >= 4 is 42.3 Å². The third-order valence-electron chi connectivity index (χ3n) is 4.41. The predicted octanol–water partition coefficient (Wildman–Crippen LogP) is 2.44. The van der Waals surface area contributed by atoms with Crippen molar-refractivity contribution in [1.29, 1.82) is 0 Å². The maximum Gasteiger partial charge on any atom is 0.227 e. The van der Waals surface area contributed by atoms with E-state index in [-0.39, 0.29) is 30.7 Å². The lowest BCUT2D eigenvalue weighted by Gasteiger charge is -2.36. The summed E-state index contributed by atoms with van der Waals surface area (Å²) in [4.78, 5) is 16.8. The third kappa shape index (κ3) is 5.50. The highest BCUT2D eigenvalue weighted by molar-refractivity contribution is 6.30. The molecule has 1 N–H and O–H groups in total. The van der Waals surface area contributed by atoms with Crippen molar-refractivity contribution in [1.82, 2.24) is 15.1 Å². The van der Waals surface area contributed by atoms with Crippen LogP contribution in [0, 0.1) is 5.92 Å². The summed E-state index contributed by atoms with van der Waals surface area (Å²) in [6.07, 6.45) is 0.990. The molecule has 0 radical (unpaired) electrons. The van der Waals surface area contributed by atoms with Gasteiger partial charge >= 0.3 is 0 Å². The molecule has 2 aliphatic rings. The molecule has 2 heterocycles. The Kier molecular flexibility index (Phi) is 8.65. The molecule has 2 aliphatic heterocycles. The van der Waals surface area contributed by atoms with Gasteiger partial charge in [0, 0.05) is 44.3 Å². The molecule has 0 aliphatic carbocycles. The first kappa shape index (κ1) is 20.5. The minimum atomic E-state index is 0. The van der Waals surface area contributed by atoms with E-state index in [9.17, 15) is 4.79 Å². The van der Waals surface area contributed by atoms with Crippen LogP contribution in [0.25, 0.3) is 0 Å². The van der Waals surface area contributed by atoms with Gasteiger partial charge in [0.15, 0.2) is 0 Å². The number of hydrogen-bond donors (Lipinski definition) is 1. The monoisotopic (exact) mass is 379 g/mol. The Morgan fingerprint density at radius 2 is 1.78 bits per heavy atom. The van der Waals surface area contributed by atoms with Crippen molar-refractivity contribution in [3.05, 3.63) is 34.9 Å². The number of halogens is 3. The molecule has 1 unspecified atom stereocenters. The summed E-state index contributed by atoms with van der Waals surface area (Å²) >= 11 is 5.91. The Morgan fingerprint density at radius 1 is 1.13 bits per heavy atom. The molecular formula is C16H24Cl3N3O. The summed E-state index contributed by atoms with van der Waals surface area (Å²) in [7, 11) is 0. The van der Waals surface area contributed by atoms with Crippen LogP contribution in [0.4, 0.5) is 0 Å². The van der Waals surface area contributed by atoms with E-state index in [0.717, 1.165) is 57.3 Å². The third-order valence-corrected chi connectivity index (χ3v) is 4.66. The van der Waals surface area contributed by atoms with Crippen LogP contribution in [-0.4, -0.2) is 55.0 Å². The number of carbonyl (C=O) groups excluding carboxylic acids is 1. The summed E-state index contributed by atoms with van der Waals surface area (Å²) in [6.45, 7) is 6.37. The molecule has 0 saturated carbocycles. The molecule has 3 rings (SSSR count). The highest BCUT2D eigenvalue weighted by Crippen LogP contribution is 2.16. The topological polar surface area (TPSA) is 35.6 Å². The van der Waals surface area contributed by atoms with Crippen molar-refractivity contribution in [2.24, 2.45) is 5.92 Å². The molecule has 4 nitrogen and oxygen atoms in total. The molecular weight excluding hydrogens is 357 g/mol. The molecule has 7 heteroatoms. The van der Waals surface area contributed by atoms with Gasteiger partial charge in [0.1, 0.15) is 0 Å². The van der Waals surface area contributed by atoms with Gasteiger partial charge in [-0.25, -0.2) is 0 Å². The van der Waals surface area contributed by atoms with Crippen molar-refractivity contribution in [2.45, 2.75) is 13.0 Å². The van der Waals surface area contributed by atoms with E-state index in [0.29, 0.717) is 5.91 Å². The van der Waals surface area contributed by atoms with Crippen molar-refractivity contribution < 1.29 is 4.79 Å². The smallest absolute Gasteiger partial charge is 0.227 e. The molecule has 23 heavy (non-hydrogen) atoms. The van der Waals surface area contributed by atoms with Crippen molar-refractivity contribution in [3.8, 4) is 0 Å². The van der Waals surface area contributed by atoms with E-state index in [4.69, 9.17) is 11.6 Å². The van der Waals surface area contributed by atoms with Gasteiger partial charge in [-0.3, -0.25) is 9.69 Å². The van der Waals surface area contributed by atoms with Crippen LogP contribution in [0.2, 0.25) is 5.02 Å². The van der Waals surface area contributed by atoms with Crippen LogP contribution in [0.5, 0.6) is 0 Å². The zero-order chi connectivity index (χ0) is 14.7. The standard InChI is InChI=1S/C16H22ClN3O.2ClH/c17-15-3-1-13(2-4-15)12-19-7-9-20(10-8-19)16(21)14-5-6-18-11-14;;/h1-4,14,18H,5-12H2;2*1H. The van der Waals surface area contributed by atoms with Gasteiger partial charge in [0.05, 0.1) is 5.92 Å². The van der Waals surface area contributed by atoms with E-state index in [1.54, 1.807) is 0 Å². The molecule has 2 fully saturated rings. The molecule has 0 bridgehead atoms. The van der Waals surface area contributed by atoms with Crippen LogP contribution in [0.15, 0.2) is 24.3 Å². The summed E-state index contributed by atoms with van der Waals surface area (Å²) in [5, 5.41) is 4.05. The largest absolute Gasteiger partial charge is 0.340 e. The fourth-order valence-corrected chi connectivity index (χ4v) is 3.22. The highest BCUT2D eigenvalue weighted by atomic mass is 35.5. The Morgan fingerprint density at radius 3 is 2.35 bits per heavy atom. The maximum absolute atomic E-state index is 12.4. The maximum atomic E-state index is 12.4. The van der Waals surface area contributed by atoms with Gasteiger partial charge < -0.3 is 10.2 Å². The second-order valence-electron chi connectivity index (χ2n) is 5.92. The first-order valence-corrected chi connectivity index (χ1v) is 8.06. The van der Waals surface area contributed by atoms with E-state index < -0.39 is 0 Å². The fraction of sp³-hybridized carbons (Fsp3) is 0.562. The van der Waals surface area contributed by atoms with Crippen LogP contribution in [0.1, 0.15) is 12.0 Å². The van der Waals surface area contributed by atoms with E-state index >= 15 is 0 Å². The molecule has 1 aromatic carbocycles. The lowest BCUT2D eigenvalue weighted by Crippen LogP contribution is -2.50. The Balaban J connectivity index is 0.00000132. The fourth-order valence-electron chi connectivity index (χ4n) is 3.10. The highest BCUT2D eigenvalue weighted by Gasteiger charge is 2.29. The molecule has 1 atom stereocenters. The Labute approximate surface area is 155 Å². The quantitative estimate of drug-likeness (QED) is 0.875. The van der Waals surface area contributed by atoms with Crippen LogP contribution in [0.3, 0.4) is 0 Å². The number of nitrogens with zero attached hydrogens (tertiary/aromatic N) is 2. The normalized spacial score (nSPS) is 21.4. The minimum absolute atomic E-state index is 0. The van der Waals surface area contributed by atoms with E-state index in [1.807, 2.05) is 17.0 Å². The SMILES string of the molecule is Cl.Cl.O=C(C1CCNC1)N1CCN(Cc2ccc(Cl)cc2)CC1. The first-order valence-electron chi connectivity index (χ1n) is 7.69. The summed E-state index contributed by atoms with van der Waals surface area (Å²) in [6, 6.07) is 8.02. The number of benzene rings is 1. The van der Waals surface area contributed by atoms with Gasteiger partial charge in [-0.05, 0) is 30.7 Å². The van der Waals surface area contributed by atoms with Crippen LogP contribution in [-0.2, 0) is 11.3 Å². The van der Waals surface area contributed by atoms with Gasteiger partial charge in [0.2, 0.25) is 5.91 Å². The second-order valence-corrected chi connectivity index (χ2v) is 6.35. The summed E-state index contributed by atoms with van der Waals surface area (Å²) < 4.78 is 0. The summed E-state index contributed by atoms with van der Waals surface area (Å²) in [5.74, 6) is 0.541. The molecule has 2 saturated heterocycles. The molecule has 0 aromatic heterocycles. The summed E-state index contributed by atoms with van der Waals surface area (Å²) in [5.41, 5.74) is 1.28. The number of piperazine rings is 1. The molecule has 1 amide bonds. The van der Waals surface area contributed by atoms with Gasteiger partial charge in [-0.15, -0.1) is 24.8 Å². The van der Waals surface area contributed by atoms with Crippen molar-refractivity contribution in [3.63, 3.8) is 0 Å². The van der Waals surface area contributed by atoms with Gasteiger partial charge in [-0.2, -0.15) is 0 Å². The minimum Gasteiger partial charge on any atom is -0.340 e. The van der Waals surface area contributed by atoms with Gasteiger partial charge in [0.25, 0.3) is 0 Å². The first-order chi connectivity index (χ1) is 10.2. The second kappa shape index (κ2) is 9.70. The van der Waals surface area contributed by atoms with E-state index in [2.05, 4.69) is 22.3 Å². The average Bonchev–Trinajstić information content (AvgIpc) is 3.04. The zero-order valence-electron chi connectivity index (χ0n) is 13.0. The number of nitrogens with one attached hydrogen (secondary N) is 1. The van der Waals surface area contributed by atoms with E-state index in [1.165, 1.54) is 5.56 Å². The zero-order valence-corrected chi connectivity index (χ0v) is 15.4.